The van der Waals surface area contributed by atoms with Gasteiger partial charge in [0.15, 0.2) is 0 Å². The molecule has 0 aliphatic rings. The number of methoxy groups -OCH3 is 1. The molecule has 0 saturated heterocycles. The van der Waals surface area contributed by atoms with E-state index in [1.807, 2.05) is 0 Å². The highest BCUT2D eigenvalue weighted by atomic mass is 19.1. The van der Waals surface area contributed by atoms with Gasteiger partial charge in [-0.15, -0.1) is 0 Å². The minimum Gasteiger partial charge on any atom is -0.481 e. The molecule has 1 aromatic carbocycles. The van der Waals surface area contributed by atoms with Gasteiger partial charge >= 0.3 is 5.97 Å². The van der Waals surface area contributed by atoms with Gasteiger partial charge in [0.05, 0.1) is 19.1 Å². The first kappa shape index (κ1) is 14.6. The molecule has 0 bridgehead atoms. The van der Waals surface area contributed by atoms with E-state index in [4.69, 9.17) is 14.6 Å². The van der Waals surface area contributed by atoms with E-state index < -0.39 is 17.7 Å². The molecule has 1 rings (SSSR count). The van der Waals surface area contributed by atoms with E-state index in [0.717, 1.165) is 0 Å². The minimum absolute atomic E-state index is 0.195. The van der Waals surface area contributed by atoms with Crippen LogP contribution in [0.25, 0.3) is 0 Å². The van der Waals surface area contributed by atoms with E-state index in [2.05, 4.69) is 0 Å². The van der Waals surface area contributed by atoms with Gasteiger partial charge in [0.1, 0.15) is 5.82 Å². The molecule has 1 aromatic rings. The lowest BCUT2D eigenvalue weighted by Crippen LogP contribution is -2.16. The molecule has 1 unspecified atom stereocenters. The zero-order valence-corrected chi connectivity index (χ0v) is 10.3. The lowest BCUT2D eigenvalue weighted by molar-refractivity contribution is -0.139. The second kappa shape index (κ2) is 7.79. The first-order valence-corrected chi connectivity index (χ1v) is 5.70. The van der Waals surface area contributed by atoms with Crippen LogP contribution < -0.4 is 0 Å². The van der Waals surface area contributed by atoms with Crippen LogP contribution in [-0.4, -0.2) is 38.0 Å². The minimum atomic E-state index is -1.05. The second-order valence-corrected chi connectivity index (χ2v) is 3.81. The van der Waals surface area contributed by atoms with Crippen molar-refractivity contribution in [2.45, 2.75) is 12.3 Å². The van der Waals surface area contributed by atoms with Crippen LogP contribution in [0, 0.1) is 5.82 Å². The van der Waals surface area contributed by atoms with Crippen LogP contribution in [-0.2, 0) is 14.3 Å². The van der Waals surface area contributed by atoms with Crippen molar-refractivity contribution in [3.63, 3.8) is 0 Å². The van der Waals surface area contributed by atoms with E-state index >= 15 is 0 Å². The van der Waals surface area contributed by atoms with Crippen molar-refractivity contribution in [3.8, 4) is 0 Å². The average molecular weight is 256 g/mol. The molecule has 0 heterocycles. The molecule has 0 saturated carbocycles. The summed E-state index contributed by atoms with van der Waals surface area (Å²) in [4.78, 5) is 11.1. The maximum absolute atomic E-state index is 13.5. The van der Waals surface area contributed by atoms with E-state index in [0.29, 0.717) is 13.2 Å². The molecule has 0 aromatic heterocycles. The summed E-state index contributed by atoms with van der Waals surface area (Å²) in [7, 11) is 1.56. The zero-order valence-electron chi connectivity index (χ0n) is 10.3. The van der Waals surface area contributed by atoms with Gasteiger partial charge in [-0.2, -0.15) is 0 Å². The van der Waals surface area contributed by atoms with Gasteiger partial charge in [-0.1, -0.05) is 18.2 Å². The lowest BCUT2D eigenvalue weighted by atomic mass is 9.96. The lowest BCUT2D eigenvalue weighted by Gasteiger charge is -2.13. The maximum atomic E-state index is 13.5. The van der Waals surface area contributed by atoms with Gasteiger partial charge in [-0.05, 0) is 12.5 Å². The molecule has 0 fully saturated rings. The van der Waals surface area contributed by atoms with E-state index in [1.54, 1.807) is 13.2 Å². The molecular formula is C13H17FO4. The van der Waals surface area contributed by atoms with Crippen LogP contribution in [0.2, 0.25) is 0 Å². The fraction of sp³-hybridized carbons (Fsp3) is 0.462. The van der Waals surface area contributed by atoms with Gasteiger partial charge in [0.2, 0.25) is 0 Å². The smallest absolute Gasteiger partial charge is 0.311 e. The molecule has 1 N–H and O–H groups in total. The van der Waals surface area contributed by atoms with Crippen molar-refractivity contribution in [2.75, 3.05) is 26.9 Å². The van der Waals surface area contributed by atoms with Crippen molar-refractivity contribution in [1.82, 2.24) is 0 Å². The molecule has 18 heavy (non-hydrogen) atoms. The Hall–Kier alpha value is -1.46. The van der Waals surface area contributed by atoms with Crippen LogP contribution >= 0.6 is 0 Å². The number of halogens is 1. The Labute approximate surface area is 105 Å². The largest absolute Gasteiger partial charge is 0.481 e. The highest BCUT2D eigenvalue weighted by Crippen LogP contribution is 2.22. The number of carbonyl (C=O) groups is 1. The van der Waals surface area contributed by atoms with Gasteiger partial charge in [0, 0.05) is 19.3 Å². The number of carboxylic acids is 1. The van der Waals surface area contributed by atoms with Crippen LogP contribution in [0.3, 0.4) is 0 Å². The molecule has 0 aliphatic carbocycles. The maximum Gasteiger partial charge on any atom is 0.311 e. The van der Waals surface area contributed by atoms with Crippen molar-refractivity contribution < 1.29 is 23.8 Å². The van der Waals surface area contributed by atoms with Crippen molar-refractivity contribution in [3.05, 3.63) is 35.6 Å². The van der Waals surface area contributed by atoms with Crippen molar-refractivity contribution in [2.24, 2.45) is 0 Å². The van der Waals surface area contributed by atoms with Crippen LogP contribution in [0.4, 0.5) is 4.39 Å². The molecule has 0 radical (unpaired) electrons. The highest BCUT2D eigenvalue weighted by Gasteiger charge is 2.22. The van der Waals surface area contributed by atoms with E-state index in [1.165, 1.54) is 18.2 Å². The van der Waals surface area contributed by atoms with E-state index in [9.17, 15) is 9.18 Å². The number of hydrogen-bond acceptors (Lipinski definition) is 3. The van der Waals surface area contributed by atoms with E-state index in [-0.39, 0.29) is 18.6 Å². The molecule has 0 amide bonds. The summed E-state index contributed by atoms with van der Waals surface area (Å²) in [5.41, 5.74) is 0.195. The predicted molar refractivity (Wildman–Crippen MR) is 64.1 cm³/mol. The summed E-state index contributed by atoms with van der Waals surface area (Å²) in [6, 6.07) is 5.91. The highest BCUT2D eigenvalue weighted by molar-refractivity contribution is 5.76. The number of benzene rings is 1. The summed E-state index contributed by atoms with van der Waals surface area (Å²) in [6.45, 7) is 1.12. The quantitative estimate of drug-likeness (QED) is 0.723. The Morgan fingerprint density at radius 2 is 2.06 bits per heavy atom. The number of rotatable bonds is 8. The Bertz CT molecular complexity index is 381. The number of hydrogen-bond donors (Lipinski definition) is 1. The summed E-state index contributed by atoms with van der Waals surface area (Å²) in [6.07, 6.45) is 0.236. The first-order chi connectivity index (χ1) is 8.66. The van der Waals surface area contributed by atoms with Crippen molar-refractivity contribution in [1.29, 1.82) is 0 Å². The molecule has 100 valence electrons. The van der Waals surface area contributed by atoms with Crippen LogP contribution in [0.15, 0.2) is 24.3 Å². The van der Waals surface area contributed by atoms with Gasteiger partial charge in [-0.3, -0.25) is 4.79 Å². The predicted octanol–water partition coefficient (Wildman–Crippen LogP) is 2.05. The standard InChI is InChI=1S/C13H17FO4/c1-17-8-9-18-7-6-11(13(15)16)10-4-2-3-5-12(10)14/h2-5,11H,6-9H2,1H3,(H,15,16). The molecular weight excluding hydrogens is 239 g/mol. The van der Waals surface area contributed by atoms with Crippen LogP contribution in [0.1, 0.15) is 17.9 Å². The van der Waals surface area contributed by atoms with Gasteiger partial charge in [-0.25, -0.2) is 4.39 Å². The summed E-state index contributed by atoms with van der Waals surface area (Å²) in [5.74, 6) is -2.43. The summed E-state index contributed by atoms with van der Waals surface area (Å²) in [5, 5.41) is 9.11. The Morgan fingerprint density at radius 3 is 2.67 bits per heavy atom. The second-order valence-electron chi connectivity index (χ2n) is 3.81. The average Bonchev–Trinajstić information content (AvgIpc) is 2.35. The third-order valence-electron chi connectivity index (χ3n) is 2.56. The Kier molecular flexibility index (Phi) is 6.32. The normalized spacial score (nSPS) is 12.3. The Balaban J connectivity index is 2.56. The van der Waals surface area contributed by atoms with Crippen LogP contribution in [0.5, 0.6) is 0 Å². The van der Waals surface area contributed by atoms with Gasteiger partial charge < -0.3 is 14.6 Å². The fourth-order valence-electron chi connectivity index (χ4n) is 1.62. The summed E-state index contributed by atoms with van der Waals surface area (Å²) < 4.78 is 23.5. The summed E-state index contributed by atoms with van der Waals surface area (Å²) >= 11 is 0. The Morgan fingerprint density at radius 1 is 1.33 bits per heavy atom. The zero-order chi connectivity index (χ0) is 13.4. The monoisotopic (exact) mass is 256 g/mol. The third-order valence-corrected chi connectivity index (χ3v) is 2.56. The fourth-order valence-corrected chi connectivity index (χ4v) is 1.62. The van der Waals surface area contributed by atoms with Crippen molar-refractivity contribution >= 4 is 5.97 Å². The molecule has 5 heteroatoms. The number of carboxylic acid groups (broad SMARTS) is 1. The SMILES string of the molecule is COCCOCCC(C(=O)O)c1ccccc1F. The number of ether oxygens (including phenoxy) is 2. The first-order valence-electron chi connectivity index (χ1n) is 5.70. The third kappa shape index (κ3) is 4.43. The molecule has 0 aliphatic heterocycles. The number of aliphatic carboxylic acids is 1. The topological polar surface area (TPSA) is 55.8 Å². The molecule has 0 spiro atoms. The molecule has 1 atom stereocenters. The molecule has 4 nitrogen and oxygen atoms in total. The van der Waals surface area contributed by atoms with Gasteiger partial charge in [0.25, 0.3) is 0 Å².